The lowest BCUT2D eigenvalue weighted by Crippen LogP contribution is -2.32. The van der Waals surface area contributed by atoms with Crippen molar-refractivity contribution in [3.63, 3.8) is 0 Å². The predicted molar refractivity (Wildman–Crippen MR) is 72.9 cm³/mol. The number of amides is 1. The van der Waals surface area contributed by atoms with Crippen LogP contribution >= 0.6 is 11.3 Å². The summed E-state index contributed by atoms with van der Waals surface area (Å²) in [6, 6.07) is 1.92. The zero-order valence-corrected chi connectivity index (χ0v) is 11.7. The lowest BCUT2D eigenvalue weighted by Gasteiger charge is -2.15. The molecule has 1 fully saturated rings. The van der Waals surface area contributed by atoms with Crippen LogP contribution in [0, 0.1) is 5.92 Å². The summed E-state index contributed by atoms with van der Waals surface area (Å²) in [6.45, 7) is 1.53. The van der Waals surface area contributed by atoms with Crippen LogP contribution in [0.15, 0.2) is 16.8 Å². The van der Waals surface area contributed by atoms with Gasteiger partial charge in [-0.05, 0) is 23.1 Å². The van der Waals surface area contributed by atoms with Crippen molar-refractivity contribution in [1.29, 1.82) is 0 Å². The fourth-order valence-electron chi connectivity index (χ4n) is 2.25. The van der Waals surface area contributed by atoms with Gasteiger partial charge >= 0.3 is 0 Å². The van der Waals surface area contributed by atoms with E-state index >= 15 is 0 Å². The summed E-state index contributed by atoms with van der Waals surface area (Å²) in [4.78, 5) is 15.2. The van der Waals surface area contributed by atoms with E-state index in [1.165, 1.54) is 4.80 Å². The fourth-order valence-corrected chi connectivity index (χ4v) is 2.88. The summed E-state index contributed by atoms with van der Waals surface area (Å²) in [5.41, 5.74) is 0.912. The molecule has 3 rings (SSSR count). The second-order valence-electron chi connectivity index (χ2n) is 4.83. The smallest absolute Gasteiger partial charge is 0.246 e. The Hall–Kier alpha value is -1.80. The molecule has 0 aromatic carbocycles. The number of aliphatic hydroxyl groups is 1. The highest BCUT2D eigenvalue weighted by Gasteiger charge is 2.26. The molecule has 1 atom stereocenters. The van der Waals surface area contributed by atoms with E-state index in [1.54, 1.807) is 16.2 Å². The van der Waals surface area contributed by atoms with E-state index < -0.39 is 0 Å². The van der Waals surface area contributed by atoms with Crippen molar-refractivity contribution in [3.05, 3.63) is 16.8 Å². The van der Waals surface area contributed by atoms with Crippen molar-refractivity contribution in [2.75, 3.05) is 19.7 Å². The van der Waals surface area contributed by atoms with Crippen LogP contribution in [-0.4, -0.2) is 55.8 Å². The van der Waals surface area contributed by atoms with Crippen LogP contribution in [0.25, 0.3) is 11.4 Å². The first-order valence-corrected chi connectivity index (χ1v) is 7.39. The van der Waals surface area contributed by atoms with Crippen molar-refractivity contribution in [1.82, 2.24) is 25.1 Å². The highest BCUT2D eigenvalue weighted by molar-refractivity contribution is 7.08. The number of nitrogens with zero attached hydrogens (tertiary/aromatic N) is 5. The Labute approximate surface area is 119 Å². The van der Waals surface area contributed by atoms with Gasteiger partial charge in [-0.2, -0.15) is 16.1 Å². The number of carbonyl (C=O) groups excluding carboxylic acids is 1. The molecule has 3 heterocycles. The standard InChI is InChI=1S/C12H15N5O2S/c18-7-9-1-3-16(5-9)11(19)6-17-14-12(13-15-17)10-2-4-20-8-10/h2,4,8-9,18H,1,3,5-7H2. The van der Waals surface area contributed by atoms with E-state index in [0.717, 1.165) is 12.0 Å². The minimum Gasteiger partial charge on any atom is -0.396 e. The van der Waals surface area contributed by atoms with Gasteiger partial charge in [0.15, 0.2) is 0 Å². The number of aliphatic hydroxyl groups excluding tert-OH is 1. The first-order valence-electron chi connectivity index (χ1n) is 6.45. The van der Waals surface area contributed by atoms with Crippen LogP contribution < -0.4 is 0 Å². The van der Waals surface area contributed by atoms with Crippen LogP contribution in [0.5, 0.6) is 0 Å². The first kappa shape index (κ1) is 13.2. The third-order valence-corrected chi connectivity index (χ3v) is 4.09. The predicted octanol–water partition coefficient (Wildman–Crippen LogP) is 0.242. The summed E-state index contributed by atoms with van der Waals surface area (Å²) in [5.74, 6) is 0.702. The van der Waals surface area contributed by atoms with Crippen LogP contribution in [0.4, 0.5) is 0 Å². The highest BCUT2D eigenvalue weighted by atomic mass is 32.1. The van der Waals surface area contributed by atoms with Gasteiger partial charge in [0, 0.05) is 36.6 Å². The maximum absolute atomic E-state index is 12.1. The molecule has 8 heteroatoms. The van der Waals surface area contributed by atoms with Gasteiger partial charge in [-0.25, -0.2) is 0 Å². The Bertz CT molecular complexity index is 582. The van der Waals surface area contributed by atoms with E-state index in [9.17, 15) is 4.79 Å². The molecule has 7 nitrogen and oxygen atoms in total. The molecule has 106 valence electrons. The minimum absolute atomic E-state index is 0.0322. The summed E-state index contributed by atoms with van der Waals surface area (Å²) < 4.78 is 0. The van der Waals surface area contributed by atoms with Gasteiger partial charge in [-0.1, -0.05) is 0 Å². The SMILES string of the molecule is O=C(Cn1nnc(-c2ccsc2)n1)N1CCC(CO)C1. The Morgan fingerprint density at radius 1 is 1.55 bits per heavy atom. The van der Waals surface area contributed by atoms with Gasteiger partial charge in [0.25, 0.3) is 0 Å². The molecule has 20 heavy (non-hydrogen) atoms. The molecule has 2 aromatic rings. The molecule has 1 N–H and O–H groups in total. The normalized spacial score (nSPS) is 18.6. The van der Waals surface area contributed by atoms with Crippen LogP contribution in [0.2, 0.25) is 0 Å². The molecule has 1 amide bonds. The van der Waals surface area contributed by atoms with Crippen molar-refractivity contribution in [2.24, 2.45) is 5.92 Å². The number of thiophene rings is 1. The lowest BCUT2D eigenvalue weighted by atomic mass is 10.1. The van der Waals surface area contributed by atoms with E-state index in [2.05, 4.69) is 15.4 Å². The molecule has 0 saturated carbocycles. The molecule has 1 aliphatic rings. The molecule has 0 bridgehead atoms. The maximum Gasteiger partial charge on any atom is 0.246 e. The Kier molecular flexibility index (Phi) is 3.75. The molecule has 0 spiro atoms. The van der Waals surface area contributed by atoms with Crippen molar-refractivity contribution < 1.29 is 9.90 Å². The second kappa shape index (κ2) is 5.68. The first-order chi connectivity index (χ1) is 9.76. The average Bonchev–Trinajstić information content (AvgIpc) is 3.19. The Balaban J connectivity index is 1.62. The third-order valence-electron chi connectivity index (χ3n) is 3.41. The van der Waals surface area contributed by atoms with Gasteiger partial charge < -0.3 is 10.0 Å². The third kappa shape index (κ3) is 2.70. The van der Waals surface area contributed by atoms with Gasteiger partial charge in [-0.15, -0.1) is 10.2 Å². The number of hydrogen-bond donors (Lipinski definition) is 1. The molecular weight excluding hydrogens is 278 g/mol. The number of hydrogen-bond acceptors (Lipinski definition) is 6. The average molecular weight is 293 g/mol. The maximum atomic E-state index is 12.1. The van der Waals surface area contributed by atoms with E-state index in [0.29, 0.717) is 18.9 Å². The van der Waals surface area contributed by atoms with Crippen LogP contribution in [0.3, 0.4) is 0 Å². The van der Waals surface area contributed by atoms with Gasteiger partial charge in [-0.3, -0.25) is 4.79 Å². The van der Waals surface area contributed by atoms with E-state index in [4.69, 9.17) is 5.11 Å². The highest BCUT2D eigenvalue weighted by Crippen LogP contribution is 2.17. The zero-order valence-electron chi connectivity index (χ0n) is 10.8. The molecule has 0 aliphatic carbocycles. The number of aromatic nitrogens is 4. The summed E-state index contributed by atoms with van der Waals surface area (Å²) in [7, 11) is 0. The van der Waals surface area contributed by atoms with Crippen LogP contribution in [-0.2, 0) is 11.3 Å². The summed E-state index contributed by atoms with van der Waals surface area (Å²) in [5, 5.41) is 25.0. The zero-order chi connectivity index (χ0) is 13.9. The second-order valence-corrected chi connectivity index (χ2v) is 5.61. The van der Waals surface area contributed by atoms with E-state index in [1.807, 2.05) is 16.8 Å². The van der Waals surface area contributed by atoms with Crippen molar-refractivity contribution in [3.8, 4) is 11.4 Å². The topological polar surface area (TPSA) is 84.1 Å². The number of rotatable bonds is 4. The summed E-state index contributed by atoms with van der Waals surface area (Å²) in [6.07, 6.45) is 0.854. The van der Waals surface area contributed by atoms with Gasteiger partial charge in [0.05, 0.1) is 0 Å². The molecule has 2 aromatic heterocycles. The number of tetrazole rings is 1. The Morgan fingerprint density at radius 3 is 3.15 bits per heavy atom. The molecule has 1 saturated heterocycles. The largest absolute Gasteiger partial charge is 0.396 e. The minimum atomic E-state index is -0.0322. The lowest BCUT2D eigenvalue weighted by molar-refractivity contribution is -0.131. The van der Waals surface area contributed by atoms with Gasteiger partial charge in [0.2, 0.25) is 11.7 Å². The van der Waals surface area contributed by atoms with Crippen molar-refractivity contribution >= 4 is 17.2 Å². The monoisotopic (exact) mass is 293 g/mol. The van der Waals surface area contributed by atoms with E-state index in [-0.39, 0.29) is 25.0 Å². The Morgan fingerprint density at radius 2 is 2.45 bits per heavy atom. The van der Waals surface area contributed by atoms with Crippen molar-refractivity contribution in [2.45, 2.75) is 13.0 Å². The number of carbonyl (C=O) groups is 1. The quantitative estimate of drug-likeness (QED) is 0.873. The fraction of sp³-hybridized carbons (Fsp3) is 0.500. The van der Waals surface area contributed by atoms with Crippen LogP contribution in [0.1, 0.15) is 6.42 Å². The molecular formula is C12H15N5O2S. The summed E-state index contributed by atoms with van der Waals surface area (Å²) >= 11 is 1.56. The van der Waals surface area contributed by atoms with Gasteiger partial charge in [0.1, 0.15) is 6.54 Å². The molecule has 1 aliphatic heterocycles. The molecule has 0 radical (unpaired) electrons. The number of likely N-dealkylation sites (tertiary alicyclic amines) is 1. The molecule has 1 unspecified atom stereocenters.